The van der Waals surface area contributed by atoms with Crippen molar-refractivity contribution in [1.82, 2.24) is 0 Å². The second-order valence-electron chi connectivity index (χ2n) is 3.73. The third-order valence-electron chi connectivity index (χ3n) is 2.43. The fourth-order valence-electron chi connectivity index (χ4n) is 1.70. The van der Waals surface area contributed by atoms with Crippen molar-refractivity contribution in [1.29, 1.82) is 0 Å². The molecule has 1 saturated heterocycles. The van der Waals surface area contributed by atoms with E-state index in [-0.39, 0.29) is 25.0 Å². The summed E-state index contributed by atoms with van der Waals surface area (Å²) in [7, 11) is 0. The van der Waals surface area contributed by atoms with Crippen LogP contribution in [0.2, 0.25) is 0 Å². The highest BCUT2D eigenvalue weighted by atomic mass is 16.5. The van der Waals surface area contributed by atoms with Crippen LogP contribution in [-0.4, -0.2) is 23.4 Å². The lowest BCUT2D eigenvalue weighted by atomic mass is 9.92. The predicted octanol–water partition coefficient (Wildman–Crippen LogP) is 1.43. The number of aliphatic hydroxyl groups is 1. The number of aliphatic hydroxyl groups excluding tert-OH is 1. The molecule has 4 atom stereocenters. The molecule has 1 N–H and O–H groups in total. The summed E-state index contributed by atoms with van der Waals surface area (Å²) in [6.45, 7) is 6.32. The molecule has 0 aliphatic carbocycles. The third-order valence-corrected chi connectivity index (χ3v) is 2.43. The van der Waals surface area contributed by atoms with E-state index in [0.717, 1.165) is 0 Å². The smallest absolute Gasteiger partial charge is 0.0849 e. The van der Waals surface area contributed by atoms with Crippen LogP contribution < -0.4 is 0 Å². The molecular weight excluding hydrogens is 140 g/mol. The van der Waals surface area contributed by atoms with Gasteiger partial charge in [0.05, 0.1) is 18.3 Å². The maximum atomic E-state index is 9.63. The Hall–Kier alpha value is -0.0800. The quantitative estimate of drug-likeness (QED) is 0.627. The van der Waals surface area contributed by atoms with Gasteiger partial charge in [0.15, 0.2) is 0 Å². The zero-order valence-electron chi connectivity index (χ0n) is 8.45. The van der Waals surface area contributed by atoms with Gasteiger partial charge in [0, 0.05) is 7.29 Å². The van der Waals surface area contributed by atoms with Crippen LogP contribution in [0.25, 0.3) is 0 Å². The van der Waals surface area contributed by atoms with E-state index in [1.54, 1.807) is 0 Å². The Bertz CT molecular complexity index is 149. The molecule has 0 amide bonds. The van der Waals surface area contributed by atoms with Crippen molar-refractivity contribution in [2.45, 2.75) is 46.0 Å². The molecule has 0 bridgehead atoms. The van der Waals surface area contributed by atoms with E-state index in [1.807, 2.05) is 6.92 Å². The van der Waals surface area contributed by atoms with E-state index in [2.05, 4.69) is 13.8 Å². The van der Waals surface area contributed by atoms with Crippen molar-refractivity contribution in [2.24, 2.45) is 11.8 Å². The molecule has 2 nitrogen and oxygen atoms in total. The molecule has 11 heavy (non-hydrogen) atoms. The van der Waals surface area contributed by atoms with Crippen molar-refractivity contribution < 1.29 is 11.2 Å². The van der Waals surface area contributed by atoms with E-state index < -0.39 is 6.10 Å². The fourth-order valence-corrected chi connectivity index (χ4v) is 1.70. The molecule has 0 radical (unpaired) electrons. The molecule has 0 saturated carbocycles. The van der Waals surface area contributed by atoms with Crippen LogP contribution in [0.15, 0.2) is 0 Å². The number of hydrogen-bond donors (Lipinski definition) is 1. The monoisotopic (exact) mass is 159 g/mol. The summed E-state index contributed by atoms with van der Waals surface area (Å²) in [6.07, 6.45) is -0.599. The Kier molecular flexibility index (Phi) is 2.14. The summed E-state index contributed by atoms with van der Waals surface area (Å²) in [5, 5.41) is 9.63. The van der Waals surface area contributed by atoms with Crippen molar-refractivity contribution in [3.8, 4) is 0 Å². The van der Waals surface area contributed by atoms with Crippen molar-refractivity contribution in [3.63, 3.8) is 0 Å². The summed E-state index contributed by atoms with van der Waals surface area (Å²) in [5.74, 6) is 0.589. The van der Waals surface area contributed by atoms with Crippen molar-refractivity contribution in [2.75, 3.05) is 0 Å². The van der Waals surface area contributed by atoms with E-state index in [1.165, 1.54) is 0 Å². The molecule has 2 heteroatoms. The maximum Gasteiger partial charge on any atom is 0.0849 e. The number of hydrogen-bond acceptors (Lipinski definition) is 2. The van der Waals surface area contributed by atoms with Gasteiger partial charge in [-0.25, -0.2) is 0 Å². The van der Waals surface area contributed by atoms with Gasteiger partial charge < -0.3 is 9.84 Å². The highest BCUT2D eigenvalue weighted by Crippen LogP contribution is 2.30. The molecule has 1 aliphatic rings. The van der Waals surface area contributed by atoms with Crippen LogP contribution in [0.4, 0.5) is 0 Å². The van der Waals surface area contributed by atoms with Gasteiger partial charge in [-0.15, -0.1) is 0 Å². The predicted molar refractivity (Wildman–Crippen MR) is 44.3 cm³/mol. The van der Waals surface area contributed by atoms with Crippen molar-refractivity contribution in [3.05, 3.63) is 0 Å². The van der Waals surface area contributed by atoms with Gasteiger partial charge >= 0.3 is 0 Å². The Labute approximate surface area is 70.0 Å². The summed E-state index contributed by atoms with van der Waals surface area (Å²) in [6, 6.07) is 0. The average molecular weight is 159 g/mol. The van der Waals surface area contributed by atoms with E-state index in [4.69, 9.17) is 6.11 Å². The molecule has 0 aromatic heterocycles. The van der Waals surface area contributed by atoms with Crippen molar-refractivity contribution >= 4 is 0 Å². The topological polar surface area (TPSA) is 29.5 Å². The fraction of sp³-hybridized carbons (Fsp3) is 1.00. The first-order chi connectivity index (χ1) is 5.57. The Morgan fingerprint density at radius 2 is 2.18 bits per heavy atom. The van der Waals surface area contributed by atoms with Gasteiger partial charge in [-0.3, -0.25) is 0 Å². The molecule has 0 spiro atoms. The Balaban J connectivity index is 2.60. The molecule has 1 rings (SSSR count). The number of ether oxygens (including phenoxy) is 1. The first-order valence-electron chi connectivity index (χ1n) is 4.91. The van der Waals surface area contributed by atoms with Crippen LogP contribution in [-0.2, 0) is 4.74 Å². The molecule has 0 aromatic rings. The standard InChI is InChI=1S/C9H18O2/c1-5(2)9-6(3)8(10)7(4)11-9/h5-10H,1-4H3/t6-,7+,8?,9-/m0/s1/i4D. The second-order valence-corrected chi connectivity index (χ2v) is 3.73. The summed E-state index contributed by atoms with van der Waals surface area (Å²) >= 11 is 0. The van der Waals surface area contributed by atoms with E-state index in [0.29, 0.717) is 5.92 Å². The van der Waals surface area contributed by atoms with E-state index in [9.17, 15) is 5.11 Å². The Morgan fingerprint density at radius 3 is 2.45 bits per heavy atom. The van der Waals surface area contributed by atoms with Crippen LogP contribution in [0.3, 0.4) is 0 Å². The summed E-state index contributed by atoms with van der Waals surface area (Å²) < 4.78 is 12.7. The second kappa shape index (κ2) is 3.11. The zero-order valence-corrected chi connectivity index (χ0v) is 7.45. The lowest BCUT2D eigenvalue weighted by Crippen LogP contribution is -2.25. The molecule has 1 unspecified atom stereocenters. The highest BCUT2D eigenvalue weighted by molar-refractivity contribution is 4.86. The molecule has 1 aliphatic heterocycles. The maximum absolute atomic E-state index is 9.63. The van der Waals surface area contributed by atoms with Gasteiger partial charge in [-0.1, -0.05) is 20.8 Å². The summed E-state index contributed by atoms with van der Waals surface area (Å²) in [4.78, 5) is 0. The largest absolute Gasteiger partial charge is 0.390 e. The van der Waals surface area contributed by atoms with E-state index >= 15 is 0 Å². The van der Waals surface area contributed by atoms with Gasteiger partial charge in [0.2, 0.25) is 0 Å². The molecule has 1 heterocycles. The summed E-state index contributed by atoms with van der Waals surface area (Å²) in [5.41, 5.74) is 0. The number of rotatable bonds is 1. The zero-order chi connectivity index (χ0) is 9.30. The van der Waals surface area contributed by atoms with Crippen LogP contribution >= 0.6 is 0 Å². The third kappa shape index (κ3) is 1.57. The van der Waals surface area contributed by atoms with Gasteiger partial charge in [-0.05, 0) is 12.8 Å². The van der Waals surface area contributed by atoms with Gasteiger partial charge in [0.25, 0.3) is 0 Å². The van der Waals surface area contributed by atoms with Crippen LogP contribution in [0.1, 0.15) is 29.0 Å². The minimum absolute atomic E-state index is 0.121. The SMILES string of the molecule is [2H]C[C@H]1O[C@@H](C(C)C)[C@@H](C)C1O. The minimum Gasteiger partial charge on any atom is -0.390 e. The van der Waals surface area contributed by atoms with Gasteiger partial charge in [-0.2, -0.15) is 0 Å². The molecule has 1 fully saturated rings. The minimum atomic E-state index is -0.449. The molecular formula is C9H18O2. The van der Waals surface area contributed by atoms with Crippen LogP contribution in [0, 0.1) is 11.8 Å². The molecule has 66 valence electrons. The average Bonchev–Trinajstić information content (AvgIpc) is 2.30. The first kappa shape index (κ1) is 7.56. The van der Waals surface area contributed by atoms with Crippen LogP contribution in [0.5, 0.6) is 0 Å². The Morgan fingerprint density at radius 1 is 1.55 bits per heavy atom. The first-order valence-corrected chi connectivity index (χ1v) is 4.20. The highest BCUT2D eigenvalue weighted by Gasteiger charge is 2.39. The lowest BCUT2D eigenvalue weighted by molar-refractivity contribution is 0.00364. The normalized spacial score (nSPS) is 46.5. The van der Waals surface area contributed by atoms with Gasteiger partial charge in [0.1, 0.15) is 0 Å². The lowest BCUT2D eigenvalue weighted by Gasteiger charge is -2.18. The molecule has 0 aromatic carbocycles.